The summed E-state index contributed by atoms with van der Waals surface area (Å²) in [6.45, 7) is 1.78. The number of nitrogens with zero attached hydrogens (tertiary/aromatic N) is 1. The maximum Gasteiger partial charge on any atom is 0.255 e. The fourth-order valence-electron chi connectivity index (χ4n) is 4.95. The van der Waals surface area contributed by atoms with Gasteiger partial charge in [0, 0.05) is 11.3 Å². The molecule has 2 fully saturated rings. The molecule has 1 unspecified atom stereocenters. The van der Waals surface area contributed by atoms with Gasteiger partial charge in [-0.15, -0.1) is 0 Å². The van der Waals surface area contributed by atoms with Crippen molar-refractivity contribution in [2.45, 2.75) is 48.4 Å². The molecule has 6 nitrogen and oxygen atoms in total. The minimum absolute atomic E-state index is 0.0276. The molecule has 4 atom stereocenters. The van der Waals surface area contributed by atoms with Gasteiger partial charge in [0.2, 0.25) is 0 Å². The van der Waals surface area contributed by atoms with Crippen LogP contribution in [-0.2, 0) is 9.84 Å². The summed E-state index contributed by atoms with van der Waals surface area (Å²) in [5.41, 5.74) is -0.792. The van der Waals surface area contributed by atoms with Crippen LogP contribution in [0.25, 0.3) is 0 Å². The number of carbonyl (C=O) groups is 1. The summed E-state index contributed by atoms with van der Waals surface area (Å²) in [5.74, 6) is -1.48. The van der Waals surface area contributed by atoms with Crippen LogP contribution in [0.3, 0.4) is 0 Å². The smallest absolute Gasteiger partial charge is 0.255 e. The van der Waals surface area contributed by atoms with Gasteiger partial charge in [0.15, 0.2) is 9.84 Å². The molecule has 0 aliphatic heterocycles. The van der Waals surface area contributed by atoms with Crippen LogP contribution in [-0.4, -0.2) is 30.3 Å². The lowest BCUT2D eigenvalue weighted by atomic mass is 9.76. The molecule has 2 saturated carbocycles. The average molecular weight is 477 g/mol. The molecule has 0 aromatic heterocycles. The number of amides is 1. The normalized spacial score (nSPS) is 27.0. The number of aliphatic hydroxyl groups is 1. The van der Waals surface area contributed by atoms with Crippen molar-refractivity contribution in [3.05, 3.63) is 58.4 Å². The number of nitrogens with one attached hydrogen (secondary N) is 1. The predicted molar refractivity (Wildman–Crippen MR) is 118 cm³/mol. The van der Waals surface area contributed by atoms with Crippen molar-refractivity contribution in [2.24, 2.45) is 11.8 Å². The average Bonchev–Trinajstić information content (AvgIpc) is 2.92. The van der Waals surface area contributed by atoms with E-state index in [-0.39, 0.29) is 38.6 Å². The summed E-state index contributed by atoms with van der Waals surface area (Å²) in [5, 5.41) is 21.5. The number of anilines is 1. The van der Waals surface area contributed by atoms with Crippen LogP contribution in [0.15, 0.2) is 41.3 Å². The summed E-state index contributed by atoms with van der Waals surface area (Å²) in [4.78, 5) is 12.6. The first-order chi connectivity index (χ1) is 15.0. The van der Waals surface area contributed by atoms with Crippen LogP contribution >= 0.6 is 11.6 Å². The molecule has 0 radical (unpaired) electrons. The lowest BCUT2D eigenvalue weighted by Crippen LogP contribution is -2.45. The monoisotopic (exact) mass is 476 g/mol. The largest absolute Gasteiger partial charge is 0.390 e. The van der Waals surface area contributed by atoms with Crippen LogP contribution in [0.4, 0.5) is 10.1 Å². The Kier molecular flexibility index (Phi) is 5.78. The second-order valence-electron chi connectivity index (χ2n) is 8.74. The molecule has 1 amide bonds. The second kappa shape index (κ2) is 8.14. The third kappa shape index (κ3) is 3.90. The van der Waals surface area contributed by atoms with E-state index in [4.69, 9.17) is 16.9 Å². The van der Waals surface area contributed by atoms with Crippen molar-refractivity contribution >= 4 is 33.0 Å². The zero-order valence-electron chi connectivity index (χ0n) is 17.3. The Morgan fingerprint density at radius 1 is 1.22 bits per heavy atom. The lowest BCUT2D eigenvalue weighted by molar-refractivity contribution is -0.0413. The van der Waals surface area contributed by atoms with E-state index in [0.717, 1.165) is 18.9 Å². The molecule has 0 spiro atoms. The number of sulfone groups is 1. The number of carbonyl (C=O) groups excluding carboxylic acids is 1. The zero-order chi connectivity index (χ0) is 23.3. The van der Waals surface area contributed by atoms with Gasteiger partial charge in [-0.1, -0.05) is 11.6 Å². The molecule has 2 N–H and O–H groups in total. The standard InChI is InChI=1S/C23H22ClFN2O4S/c1-23(29)15-3-4-16(23)11-18(10-15)32(30,31)21-9-13(2-6-19(21)24)22(28)27-17-5-7-20(25)14(8-17)12-26/h2,5-9,15-16,18,29H,3-4,10-11H2,1H3,(H,27,28)/t15-,16?,18-,23-/m0/s1. The maximum absolute atomic E-state index is 13.5. The Hall–Kier alpha value is -2.47. The van der Waals surface area contributed by atoms with Gasteiger partial charge in [0.1, 0.15) is 11.9 Å². The topological polar surface area (TPSA) is 107 Å². The molecular formula is C23H22ClFN2O4S. The van der Waals surface area contributed by atoms with Gasteiger partial charge >= 0.3 is 0 Å². The number of nitriles is 1. The third-order valence-electron chi connectivity index (χ3n) is 6.89. The number of rotatable bonds is 4. The van der Waals surface area contributed by atoms with Crippen molar-refractivity contribution in [1.29, 1.82) is 5.26 Å². The number of benzene rings is 2. The Labute approximate surface area is 190 Å². The first kappa shape index (κ1) is 22.7. The van der Waals surface area contributed by atoms with E-state index in [0.29, 0.717) is 12.8 Å². The number of hydrogen-bond donors (Lipinski definition) is 2. The van der Waals surface area contributed by atoms with E-state index in [9.17, 15) is 22.7 Å². The van der Waals surface area contributed by atoms with Crippen molar-refractivity contribution in [3.63, 3.8) is 0 Å². The minimum atomic E-state index is -3.83. The third-order valence-corrected chi connectivity index (χ3v) is 9.55. The quantitative estimate of drug-likeness (QED) is 0.683. The summed E-state index contributed by atoms with van der Waals surface area (Å²) in [7, 11) is -3.83. The maximum atomic E-state index is 13.5. The van der Waals surface area contributed by atoms with Crippen LogP contribution < -0.4 is 5.32 Å². The van der Waals surface area contributed by atoms with E-state index >= 15 is 0 Å². The highest BCUT2D eigenvalue weighted by molar-refractivity contribution is 7.92. The molecular weight excluding hydrogens is 455 g/mol. The zero-order valence-corrected chi connectivity index (χ0v) is 18.9. The highest BCUT2D eigenvalue weighted by Gasteiger charge is 2.53. The fourth-order valence-corrected chi connectivity index (χ4v) is 7.35. The van der Waals surface area contributed by atoms with Gasteiger partial charge in [-0.05, 0) is 80.8 Å². The first-order valence-electron chi connectivity index (χ1n) is 10.3. The number of hydrogen-bond acceptors (Lipinski definition) is 5. The lowest BCUT2D eigenvalue weighted by Gasteiger charge is -2.40. The Balaban J connectivity index is 1.60. The summed E-state index contributed by atoms with van der Waals surface area (Å²) < 4.78 is 40.3. The molecule has 2 aromatic rings. The molecule has 0 saturated heterocycles. The van der Waals surface area contributed by atoms with Crippen molar-refractivity contribution < 1.29 is 22.7 Å². The fraction of sp³-hybridized carbons (Fsp3) is 0.391. The van der Waals surface area contributed by atoms with E-state index in [1.165, 1.54) is 30.3 Å². The minimum Gasteiger partial charge on any atom is -0.390 e. The molecule has 2 aliphatic carbocycles. The summed E-state index contributed by atoms with van der Waals surface area (Å²) in [6, 6.07) is 9.29. The van der Waals surface area contributed by atoms with Gasteiger partial charge in [-0.3, -0.25) is 4.79 Å². The highest BCUT2D eigenvalue weighted by atomic mass is 35.5. The van der Waals surface area contributed by atoms with E-state index in [1.807, 2.05) is 0 Å². The van der Waals surface area contributed by atoms with Crippen LogP contribution in [0.5, 0.6) is 0 Å². The molecule has 168 valence electrons. The van der Waals surface area contributed by atoms with E-state index in [1.54, 1.807) is 13.0 Å². The van der Waals surface area contributed by atoms with Crippen LogP contribution in [0, 0.1) is 29.0 Å². The molecule has 0 heterocycles. The summed E-state index contributed by atoms with van der Waals surface area (Å²) >= 11 is 6.23. The van der Waals surface area contributed by atoms with Crippen LogP contribution in [0.1, 0.15) is 48.5 Å². The molecule has 9 heteroatoms. The molecule has 4 rings (SSSR count). The molecule has 32 heavy (non-hydrogen) atoms. The molecule has 2 aromatic carbocycles. The van der Waals surface area contributed by atoms with Gasteiger partial charge in [-0.25, -0.2) is 12.8 Å². The van der Waals surface area contributed by atoms with Gasteiger partial charge in [0.05, 0.1) is 26.3 Å². The van der Waals surface area contributed by atoms with Gasteiger partial charge in [0.25, 0.3) is 5.91 Å². The van der Waals surface area contributed by atoms with Crippen LogP contribution in [0.2, 0.25) is 5.02 Å². The van der Waals surface area contributed by atoms with Crippen molar-refractivity contribution in [2.75, 3.05) is 5.32 Å². The van der Waals surface area contributed by atoms with Gasteiger partial charge in [-0.2, -0.15) is 5.26 Å². The first-order valence-corrected chi connectivity index (χ1v) is 12.2. The Morgan fingerprint density at radius 3 is 2.50 bits per heavy atom. The van der Waals surface area contributed by atoms with Gasteiger partial charge < -0.3 is 10.4 Å². The number of halogens is 2. The number of fused-ring (bicyclic) bond motifs is 2. The molecule has 2 aliphatic rings. The Morgan fingerprint density at radius 2 is 1.88 bits per heavy atom. The SMILES string of the molecule is C[C@@]1(O)C2CC[C@H]1C[C@H](S(=O)(=O)c1cc(C(=O)Nc3ccc(F)c(C#N)c3)ccc1Cl)C2. The second-order valence-corrected chi connectivity index (χ2v) is 11.3. The van der Waals surface area contributed by atoms with Crippen molar-refractivity contribution in [3.8, 4) is 6.07 Å². The molecule has 2 bridgehead atoms. The Bertz CT molecular complexity index is 1220. The van der Waals surface area contributed by atoms with E-state index in [2.05, 4.69) is 5.32 Å². The summed E-state index contributed by atoms with van der Waals surface area (Å²) in [6.07, 6.45) is 2.29. The van der Waals surface area contributed by atoms with Crippen molar-refractivity contribution in [1.82, 2.24) is 0 Å². The highest BCUT2D eigenvalue weighted by Crippen LogP contribution is 2.51. The predicted octanol–water partition coefficient (Wildman–Crippen LogP) is 4.32. The van der Waals surface area contributed by atoms with E-state index < -0.39 is 32.4 Å².